The van der Waals surface area contributed by atoms with Crippen LogP contribution in [0.15, 0.2) is 36.4 Å². The van der Waals surface area contributed by atoms with Gasteiger partial charge in [-0.2, -0.15) is 13.2 Å². The second-order valence-electron chi connectivity index (χ2n) is 5.36. The van der Waals surface area contributed by atoms with Crippen molar-refractivity contribution in [3.8, 4) is 0 Å². The van der Waals surface area contributed by atoms with Crippen LogP contribution in [0.25, 0.3) is 5.57 Å². The Hall–Kier alpha value is -2.31. The summed E-state index contributed by atoms with van der Waals surface area (Å²) in [5.74, 6) is -2.22. The minimum absolute atomic E-state index is 0.0752. The van der Waals surface area contributed by atoms with E-state index in [0.29, 0.717) is 6.08 Å². The number of hydrogen-bond acceptors (Lipinski definition) is 2. The third-order valence-corrected chi connectivity index (χ3v) is 3.81. The second kappa shape index (κ2) is 6.85. The second-order valence-corrected chi connectivity index (χ2v) is 5.36. The van der Waals surface area contributed by atoms with Crippen molar-refractivity contribution >= 4 is 17.4 Å². The highest BCUT2D eigenvalue weighted by molar-refractivity contribution is 5.96. The molecule has 0 saturated carbocycles. The van der Waals surface area contributed by atoms with Gasteiger partial charge in [0.15, 0.2) is 0 Å². The summed E-state index contributed by atoms with van der Waals surface area (Å²) < 4.78 is 39.6. The highest BCUT2D eigenvalue weighted by atomic mass is 19.4. The van der Waals surface area contributed by atoms with Crippen LogP contribution in [0.5, 0.6) is 0 Å². The van der Waals surface area contributed by atoms with Crippen molar-refractivity contribution in [1.82, 2.24) is 4.90 Å². The van der Waals surface area contributed by atoms with Gasteiger partial charge in [-0.05, 0) is 18.4 Å². The van der Waals surface area contributed by atoms with Crippen molar-refractivity contribution in [3.63, 3.8) is 0 Å². The zero-order valence-corrected chi connectivity index (χ0v) is 12.2. The number of piperidine rings is 1. The van der Waals surface area contributed by atoms with Crippen LogP contribution >= 0.6 is 0 Å². The van der Waals surface area contributed by atoms with Gasteiger partial charge in [-0.3, -0.25) is 9.59 Å². The highest BCUT2D eigenvalue weighted by Gasteiger charge is 2.36. The third kappa shape index (κ3) is 4.34. The first-order chi connectivity index (χ1) is 10.8. The SMILES string of the molecule is O=C(O)C1CCN(C(=O)/C=C(/c2ccccc2)C(F)(F)F)CC1. The smallest absolute Gasteiger partial charge is 0.417 e. The number of carboxylic acids is 1. The molecule has 4 nitrogen and oxygen atoms in total. The lowest BCUT2D eigenvalue weighted by Crippen LogP contribution is -2.39. The van der Waals surface area contributed by atoms with Gasteiger partial charge in [0.25, 0.3) is 0 Å². The van der Waals surface area contributed by atoms with Crippen LogP contribution in [-0.4, -0.2) is 41.1 Å². The number of likely N-dealkylation sites (tertiary alicyclic amines) is 1. The van der Waals surface area contributed by atoms with Crippen LogP contribution in [0.4, 0.5) is 13.2 Å². The summed E-state index contributed by atoms with van der Waals surface area (Å²) in [7, 11) is 0. The largest absolute Gasteiger partial charge is 0.481 e. The Labute approximate surface area is 131 Å². The van der Waals surface area contributed by atoms with E-state index in [1.807, 2.05) is 0 Å². The first-order valence-electron chi connectivity index (χ1n) is 7.15. The van der Waals surface area contributed by atoms with Gasteiger partial charge in [0, 0.05) is 19.2 Å². The maximum Gasteiger partial charge on any atom is 0.417 e. The number of rotatable bonds is 3. The predicted molar refractivity (Wildman–Crippen MR) is 77.4 cm³/mol. The van der Waals surface area contributed by atoms with Crippen LogP contribution in [0, 0.1) is 5.92 Å². The fourth-order valence-electron chi connectivity index (χ4n) is 2.51. The van der Waals surface area contributed by atoms with E-state index in [0.717, 1.165) is 0 Å². The van der Waals surface area contributed by atoms with E-state index in [4.69, 9.17) is 5.11 Å². The Morgan fingerprint density at radius 2 is 1.70 bits per heavy atom. The van der Waals surface area contributed by atoms with Gasteiger partial charge in [0.05, 0.1) is 11.5 Å². The highest BCUT2D eigenvalue weighted by Crippen LogP contribution is 2.34. The molecule has 0 radical (unpaired) electrons. The molecule has 1 saturated heterocycles. The van der Waals surface area contributed by atoms with E-state index in [2.05, 4.69) is 0 Å². The van der Waals surface area contributed by atoms with E-state index in [1.165, 1.54) is 29.2 Å². The number of carboxylic acid groups (broad SMARTS) is 1. The molecule has 0 atom stereocenters. The molecule has 0 aliphatic carbocycles. The maximum atomic E-state index is 13.2. The summed E-state index contributed by atoms with van der Waals surface area (Å²) >= 11 is 0. The number of hydrogen-bond donors (Lipinski definition) is 1. The van der Waals surface area contributed by atoms with Crippen LogP contribution in [0.3, 0.4) is 0 Å². The molecule has 1 aliphatic rings. The van der Waals surface area contributed by atoms with Crippen molar-refractivity contribution in [3.05, 3.63) is 42.0 Å². The molecule has 1 aliphatic heterocycles. The van der Waals surface area contributed by atoms with E-state index in [-0.39, 0.29) is 31.5 Å². The molecule has 1 amide bonds. The number of benzene rings is 1. The normalized spacial score (nSPS) is 17.2. The lowest BCUT2D eigenvalue weighted by Gasteiger charge is -2.29. The summed E-state index contributed by atoms with van der Waals surface area (Å²) in [5, 5.41) is 8.90. The molecule has 0 bridgehead atoms. The van der Waals surface area contributed by atoms with Crippen molar-refractivity contribution in [1.29, 1.82) is 0 Å². The zero-order chi connectivity index (χ0) is 17.0. The minimum atomic E-state index is -4.64. The number of allylic oxidation sites excluding steroid dienone is 1. The minimum Gasteiger partial charge on any atom is -0.481 e. The third-order valence-electron chi connectivity index (χ3n) is 3.81. The number of amides is 1. The number of carbonyl (C=O) groups is 2. The first kappa shape index (κ1) is 17.1. The van der Waals surface area contributed by atoms with Gasteiger partial charge in [0.1, 0.15) is 0 Å². The number of alkyl halides is 3. The lowest BCUT2D eigenvalue weighted by atomic mass is 9.97. The molecular formula is C16H16F3NO3. The summed E-state index contributed by atoms with van der Waals surface area (Å²) in [6.07, 6.45) is -3.55. The van der Waals surface area contributed by atoms with Crippen molar-refractivity contribution in [2.24, 2.45) is 5.92 Å². The van der Waals surface area contributed by atoms with Gasteiger partial charge in [-0.15, -0.1) is 0 Å². The standard InChI is InChI=1S/C16H16F3NO3/c17-16(18,19)13(11-4-2-1-3-5-11)10-14(21)20-8-6-12(7-9-20)15(22)23/h1-5,10,12H,6-9H2,(H,22,23)/b13-10-. The Balaban J connectivity index is 2.17. The molecule has 1 N–H and O–H groups in total. The summed E-state index contributed by atoms with van der Waals surface area (Å²) in [5.41, 5.74) is -1.07. The molecular weight excluding hydrogens is 311 g/mol. The fraction of sp³-hybridized carbons (Fsp3) is 0.375. The van der Waals surface area contributed by atoms with Crippen LogP contribution in [0.2, 0.25) is 0 Å². The average Bonchev–Trinajstić information content (AvgIpc) is 2.52. The molecule has 1 heterocycles. The van der Waals surface area contributed by atoms with Gasteiger partial charge in [-0.1, -0.05) is 30.3 Å². The molecule has 0 aromatic heterocycles. The molecule has 0 spiro atoms. The fourth-order valence-corrected chi connectivity index (χ4v) is 2.51. The molecule has 1 aromatic carbocycles. The van der Waals surface area contributed by atoms with Gasteiger partial charge in [-0.25, -0.2) is 0 Å². The number of halogens is 3. The van der Waals surface area contributed by atoms with Crippen molar-refractivity contribution in [2.75, 3.05) is 13.1 Å². The topological polar surface area (TPSA) is 57.6 Å². The Morgan fingerprint density at radius 1 is 1.13 bits per heavy atom. The molecule has 7 heteroatoms. The summed E-state index contributed by atoms with van der Waals surface area (Å²) in [6, 6.07) is 7.12. The molecule has 0 unspecified atom stereocenters. The van der Waals surface area contributed by atoms with Crippen molar-refractivity contribution < 1.29 is 27.9 Å². The van der Waals surface area contributed by atoms with E-state index in [1.54, 1.807) is 6.07 Å². The quantitative estimate of drug-likeness (QED) is 0.869. The van der Waals surface area contributed by atoms with E-state index in [9.17, 15) is 22.8 Å². The first-order valence-corrected chi connectivity index (χ1v) is 7.15. The van der Waals surface area contributed by atoms with Crippen LogP contribution in [-0.2, 0) is 9.59 Å². The van der Waals surface area contributed by atoms with Gasteiger partial charge in [0.2, 0.25) is 5.91 Å². The van der Waals surface area contributed by atoms with Crippen LogP contribution < -0.4 is 0 Å². The average molecular weight is 327 g/mol. The van der Waals surface area contributed by atoms with E-state index < -0.39 is 29.5 Å². The molecule has 1 aromatic rings. The monoisotopic (exact) mass is 327 g/mol. The maximum absolute atomic E-state index is 13.2. The Bertz CT molecular complexity index is 603. The van der Waals surface area contributed by atoms with Gasteiger partial charge >= 0.3 is 12.1 Å². The van der Waals surface area contributed by atoms with Crippen molar-refractivity contribution in [2.45, 2.75) is 19.0 Å². The zero-order valence-electron chi connectivity index (χ0n) is 12.2. The van der Waals surface area contributed by atoms with E-state index >= 15 is 0 Å². The lowest BCUT2D eigenvalue weighted by molar-refractivity contribution is -0.144. The van der Waals surface area contributed by atoms with Crippen LogP contribution in [0.1, 0.15) is 18.4 Å². The Kier molecular flexibility index (Phi) is 5.08. The molecule has 1 fully saturated rings. The van der Waals surface area contributed by atoms with Gasteiger partial charge < -0.3 is 10.0 Å². The summed E-state index contributed by atoms with van der Waals surface area (Å²) in [6.45, 7) is 0.290. The number of carbonyl (C=O) groups excluding carboxylic acids is 1. The predicted octanol–water partition coefficient (Wildman–Crippen LogP) is 2.96. The number of aliphatic carboxylic acids is 1. The molecule has 23 heavy (non-hydrogen) atoms. The molecule has 2 rings (SSSR count). The number of nitrogens with zero attached hydrogens (tertiary/aromatic N) is 1. The Morgan fingerprint density at radius 3 is 2.17 bits per heavy atom. The molecule has 124 valence electrons. The summed E-state index contributed by atoms with van der Waals surface area (Å²) in [4.78, 5) is 24.2.